The molecular formula is C25H20ClN3O3. The van der Waals surface area contributed by atoms with E-state index in [-0.39, 0.29) is 11.6 Å². The number of ketones is 1. The molecule has 7 heteroatoms. The van der Waals surface area contributed by atoms with Crippen molar-refractivity contribution in [1.82, 2.24) is 14.8 Å². The molecule has 1 aromatic heterocycles. The molecule has 0 spiro atoms. The van der Waals surface area contributed by atoms with E-state index in [0.29, 0.717) is 16.4 Å². The van der Waals surface area contributed by atoms with Gasteiger partial charge in [0.05, 0.1) is 5.69 Å². The van der Waals surface area contributed by atoms with Crippen molar-refractivity contribution >= 4 is 23.4 Å². The molecule has 0 N–H and O–H groups in total. The lowest BCUT2D eigenvalue weighted by Gasteiger charge is -2.07. The van der Waals surface area contributed by atoms with Gasteiger partial charge < -0.3 is 4.74 Å². The Kier molecular flexibility index (Phi) is 6.14. The van der Waals surface area contributed by atoms with Gasteiger partial charge >= 0.3 is 5.97 Å². The van der Waals surface area contributed by atoms with Crippen LogP contribution in [0.3, 0.4) is 0 Å². The molecule has 0 aliphatic rings. The zero-order valence-corrected chi connectivity index (χ0v) is 18.3. The molecule has 4 aromatic rings. The molecule has 0 bridgehead atoms. The van der Waals surface area contributed by atoms with Gasteiger partial charge in [-0.3, -0.25) is 4.79 Å². The number of nitrogens with zero attached hydrogens (tertiary/aromatic N) is 3. The molecule has 6 nitrogen and oxygen atoms in total. The van der Waals surface area contributed by atoms with Crippen LogP contribution in [0.1, 0.15) is 32.1 Å². The van der Waals surface area contributed by atoms with Crippen LogP contribution < -0.4 is 0 Å². The summed E-state index contributed by atoms with van der Waals surface area (Å²) >= 11 is 5.84. The molecule has 0 amide bonds. The first kappa shape index (κ1) is 21.5. The summed E-state index contributed by atoms with van der Waals surface area (Å²) in [5, 5.41) is 4.90. The third kappa shape index (κ3) is 4.76. The molecule has 32 heavy (non-hydrogen) atoms. The summed E-state index contributed by atoms with van der Waals surface area (Å²) in [6.45, 7) is 3.56. The summed E-state index contributed by atoms with van der Waals surface area (Å²) in [6, 6.07) is 21.9. The Morgan fingerprint density at radius 1 is 0.938 bits per heavy atom. The van der Waals surface area contributed by atoms with E-state index in [1.165, 1.54) is 0 Å². The molecule has 0 atom stereocenters. The average Bonchev–Trinajstić information content (AvgIpc) is 3.24. The SMILES string of the molecule is Cc1ccc(-n2nc(C(=O)OCC(=O)c3ccc(Cl)cc3)nc2-c2cccc(C)c2)cc1. The fourth-order valence-corrected chi connectivity index (χ4v) is 3.28. The van der Waals surface area contributed by atoms with Crippen LogP contribution in [-0.4, -0.2) is 33.1 Å². The van der Waals surface area contributed by atoms with Crippen molar-refractivity contribution in [3.05, 3.63) is 100 Å². The van der Waals surface area contributed by atoms with Crippen LogP contribution in [0.5, 0.6) is 0 Å². The molecule has 0 aliphatic carbocycles. The highest BCUT2D eigenvalue weighted by molar-refractivity contribution is 6.30. The van der Waals surface area contributed by atoms with Gasteiger partial charge in [0.15, 0.2) is 18.2 Å². The van der Waals surface area contributed by atoms with Crippen molar-refractivity contribution in [2.75, 3.05) is 6.61 Å². The highest BCUT2D eigenvalue weighted by atomic mass is 35.5. The van der Waals surface area contributed by atoms with E-state index < -0.39 is 12.6 Å². The number of carbonyl (C=O) groups excluding carboxylic acids is 2. The van der Waals surface area contributed by atoms with Crippen LogP contribution in [0.2, 0.25) is 5.02 Å². The molecule has 0 radical (unpaired) electrons. The number of benzene rings is 3. The van der Waals surface area contributed by atoms with Gasteiger partial charge in [-0.25, -0.2) is 14.5 Å². The number of ether oxygens (including phenoxy) is 1. The Balaban J connectivity index is 1.61. The zero-order valence-electron chi connectivity index (χ0n) is 17.6. The number of hydrogen-bond acceptors (Lipinski definition) is 5. The molecule has 4 rings (SSSR count). The van der Waals surface area contributed by atoms with Crippen LogP contribution in [-0.2, 0) is 4.74 Å². The molecule has 0 fully saturated rings. The first-order chi connectivity index (χ1) is 15.4. The van der Waals surface area contributed by atoms with E-state index in [2.05, 4.69) is 10.1 Å². The summed E-state index contributed by atoms with van der Waals surface area (Å²) in [5.74, 6) is -0.724. The van der Waals surface area contributed by atoms with Crippen LogP contribution >= 0.6 is 11.6 Å². The number of aromatic nitrogens is 3. The molecule has 160 valence electrons. The number of carbonyl (C=O) groups is 2. The maximum Gasteiger partial charge on any atom is 0.378 e. The summed E-state index contributed by atoms with van der Waals surface area (Å²) in [6.07, 6.45) is 0. The Morgan fingerprint density at radius 3 is 2.34 bits per heavy atom. The first-order valence-corrected chi connectivity index (χ1v) is 10.4. The highest BCUT2D eigenvalue weighted by Crippen LogP contribution is 2.23. The van der Waals surface area contributed by atoms with E-state index in [4.69, 9.17) is 16.3 Å². The van der Waals surface area contributed by atoms with Crippen molar-refractivity contribution in [2.45, 2.75) is 13.8 Å². The molecule has 0 aliphatic heterocycles. The second-order valence-electron chi connectivity index (χ2n) is 7.38. The van der Waals surface area contributed by atoms with E-state index >= 15 is 0 Å². The van der Waals surface area contributed by atoms with Crippen molar-refractivity contribution in [3.63, 3.8) is 0 Å². The van der Waals surface area contributed by atoms with Gasteiger partial charge in [0.1, 0.15) is 0 Å². The fraction of sp³-hybridized carbons (Fsp3) is 0.120. The lowest BCUT2D eigenvalue weighted by Crippen LogP contribution is -2.15. The standard InChI is InChI=1S/C25H20ClN3O3/c1-16-6-12-21(13-7-16)29-24(19-5-3-4-17(2)14-19)27-23(28-29)25(31)32-15-22(30)18-8-10-20(26)11-9-18/h3-14H,15H2,1-2H3. The lowest BCUT2D eigenvalue weighted by molar-refractivity contribution is 0.0462. The summed E-state index contributed by atoms with van der Waals surface area (Å²) < 4.78 is 6.80. The van der Waals surface area contributed by atoms with E-state index in [0.717, 1.165) is 22.4 Å². The Morgan fingerprint density at radius 2 is 1.66 bits per heavy atom. The first-order valence-electron chi connectivity index (χ1n) is 9.98. The monoisotopic (exact) mass is 445 g/mol. The lowest BCUT2D eigenvalue weighted by atomic mass is 10.1. The number of esters is 1. The van der Waals surface area contributed by atoms with Crippen molar-refractivity contribution in [2.24, 2.45) is 0 Å². The van der Waals surface area contributed by atoms with Gasteiger partial charge in [0.2, 0.25) is 0 Å². The largest absolute Gasteiger partial charge is 0.451 e. The fourth-order valence-electron chi connectivity index (χ4n) is 3.15. The van der Waals surface area contributed by atoms with E-state index in [9.17, 15) is 9.59 Å². The molecule has 3 aromatic carbocycles. The third-order valence-corrected chi connectivity index (χ3v) is 5.10. The quantitative estimate of drug-likeness (QED) is 0.299. The van der Waals surface area contributed by atoms with Crippen LogP contribution in [0.4, 0.5) is 0 Å². The molecule has 0 saturated heterocycles. The molecule has 1 heterocycles. The minimum Gasteiger partial charge on any atom is -0.451 e. The van der Waals surface area contributed by atoms with Gasteiger partial charge in [-0.15, -0.1) is 5.10 Å². The predicted octanol–water partition coefficient (Wildman–Crippen LogP) is 5.24. The topological polar surface area (TPSA) is 74.1 Å². The number of halogens is 1. The van der Waals surface area contributed by atoms with Crippen molar-refractivity contribution < 1.29 is 14.3 Å². The summed E-state index contributed by atoms with van der Waals surface area (Å²) in [7, 11) is 0. The van der Waals surface area contributed by atoms with Gasteiger partial charge in [0, 0.05) is 16.1 Å². The summed E-state index contributed by atoms with van der Waals surface area (Å²) in [5.41, 5.74) is 4.14. The highest BCUT2D eigenvalue weighted by Gasteiger charge is 2.21. The van der Waals surface area contributed by atoms with Gasteiger partial charge in [-0.1, -0.05) is 53.1 Å². The zero-order chi connectivity index (χ0) is 22.7. The van der Waals surface area contributed by atoms with Crippen LogP contribution in [0.25, 0.3) is 17.1 Å². The maximum absolute atomic E-state index is 12.6. The molecular weight excluding hydrogens is 426 g/mol. The van der Waals surface area contributed by atoms with Crippen LogP contribution in [0.15, 0.2) is 72.8 Å². The second-order valence-corrected chi connectivity index (χ2v) is 7.82. The summed E-state index contributed by atoms with van der Waals surface area (Å²) in [4.78, 5) is 29.4. The second kappa shape index (κ2) is 9.16. The molecule has 0 saturated carbocycles. The molecule has 0 unspecified atom stereocenters. The smallest absolute Gasteiger partial charge is 0.378 e. The number of Topliss-reactive ketones (excluding diaryl/α,β-unsaturated/α-hetero) is 1. The number of aryl methyl sites for hydroxylation is 2. The predicted molar refractivity (Wildman–Crippen MR) is 122 cm³/mol. The van der Waals surface area contributed by atoms with Crippen molar-refractivity contribution in [3.8, 4) is 17.1 Å². The Bertz CT molecular complexity index is 1280. The van der Waals surface area contributed by atoms with Gasteiger partial charge in [0.25, 0.3) is 5.82 Å². The Hall–Kier alpha value is -3.77. The number of hydrogen-bond donors (Lipinski definition) is 0. The van der Waals surface area contributed by atoms with Gasteiger partial charge in [-0.2, -0.15) is 0 Å². The minimum absolute atomic E-state index is 0.119. The van der Waals surface area contributed by atoms with E-state index in [1.54, 1.807) is 28.9 Å². The average molecular weight is 446 g/mol. The van der Waals surface area contributed by atoms with Crippen LogP contribution in [0, 0.1) is 13.8 Å². The normalized spacial score (nSPS) is 10.7. The minimum atomic E-state index is -0.771. The number of rotatable bonds is 6. The van der Waals surface area contributed by atoms with Crippen molar-refractivity contribution in [1.29, 1.82) is 0 Å². The van der Waals surface area contributed by atoms with Gasteiger partial charge in [-0.05, 0) is 56.3 Å². The third-order valence-electron chi connectivity index (χ3n) is 4.85. The maximum atomic E-state index is 12.6. The van der Waals surface area contributed by atoms with E-state index in [1.807, 2.05) is 62.4 Å². The Labute approximate surface area is 190 Å².